The summed E-state index contributed by atoms with van der Waals surface area (Å²) >= 11 is 1.51. The van der Waals surface area contributed by atoms with Crippen molar-refractivity contribution in [2.45, 2.75) is 55.4 Å². The number of hydrogen-bond donors (Lipinski definition) is 4. The van der Waals surface area contributed by atoms with Gasteiger partial charge in [-0.1, -0.05) is 6.07 Å². The smallest absolute Gasteiger partial charge is 0.235 e. The Labute approximate surface area is 208 Å². The highest BCUT2D eigenvalue weighted by molar-refractivity contribution is 8.00. The summed E-state index contributed by atoms with van der Waals surface area (Å²) in [6, 6.07) is 13.6. The van der Waals surface area contributed by atoms with Gasteiger partial charge < -0.3 is 25.6 Å². The maximum Gasteiger partial charge on any atom is 0.235 e. The minimum Gasteiger partial charge on any atom is -0.497 e. The number of carbonyl (C=O) groups excluding carboxylic acids is 1. The quantitative estimate of drug-likeness (QED) is 0.395. The number of benzene rings is 1. The van der Waals surface area contributed by atoms with E-state index in [1.165, 1.54) is 11.8 Å². The van der Waals surface area contributed by atoms with Crippen molar-refractivity contribution in [3.8, 4) is 5.75 Å². The van der Waals surface area contributed by atoms with Crippen LogP contribution in [0, 0.1) is 5.92 Å². The Morgan fingerprint density at radius 3 is 2.74 bits per heavy atom. The first-order valence-corrected chi connectivity index (χ1v) is 13.0. The van der Waals surface area contributed by atoms with Gasteiger partial charge in [0.05, 0.1) is 40.8 Å². The van der Waals surface area contributed by atoms with Gasteiger partial charge in [-0.2, -0.15) is 0 Å². The maximum atomic E-state index is 11.6. The largest absolute Gasteiger partial charge is 0.497 e. The molecule has 5 rings (SSSR count). The first-order chi connectivity index (χ1) is 17.0. The van der Waals surface area contributed by atoms with Crippen LogP contribution in [0.5, 0.6) is 5.75 Å². The summed E-state index contributed by atoms with van der Waals surface area (Å²) in [6.07, 6.45) is 1.59. The Kier molecular flexibility index (Phi) is 7.19. The van der Waals surface area contributed by atoms with Crippen molar-refractivity contribution in [2.24, 2.45) is 5.92 Å². The minimum absolute atomic E-state index is 0.0155. The number of fused-ring (bicyclic) bond motifs is 2. The molecule has 0 unspecified atom stereocenters. The zero-order valence-corrected chi connectivity index (χ0v) is 20.4. The summed E-state index contributed by atoms with van der Waals surface area (Å²) < 4.78 is 5.25. The number of nitrogens with zero attached hydrogens (tertiary/aromatic N) is 2. The van der Waals surface area contributed by atoms with Gasteiger partial charge in [-0.3, -0.25) is 4.79 Å². The molecule has 1 fully saturated rings. The molecule has 0 saturated heterocycles. The van der Waals surface area contributed by atoms with Crippen LogP contribution in [0.3, 0.4) is 0 Å². The average Bonchev–Trinajstić information content (AvgIpc) is 2.90. The van der Waals surface area contributed by atoms with Crippen molar-refractivity contribution in [1.29, 1.82) is 0 Å². The van der Waals surface area contributed by atoms with Crippen LogP contribution >= 0.6 is 11.8 Å². The molecule has 2 aromatic heterocycles. The standard InChI is InChI=1S/C26H30N4O4S/c1-34-19-8-10-20-16(12-19)4-9-21(29-20)25(33)24(32)15-2-5-17(6-3-15)27-13-18-7-11-22-26(28-18)30-23(31)14-35-22/h4,7-12,15,17,24-25,27,32-33H,2-3,5-6,13-14H2,1H3,(H,28,30,31)/t15?,17?,24-,25-/m1/s1. The lowest BCUT2D eigenvalue weighted by Gasteiger charge is -2.33. The van der Waals surface area contributed by atoms with Gasteiger partial charge in [-0.05, 0) is 68.0 Å². The zero-order chi connectivity index (χ0) is 24.4. The van der Waals surface area contributed by atoms with E-state index in [0.717, 1.165) is 52.9 Å². The molecule has 4 N–H and O–H groups in total. The number of hydrogen-bond acceptors (Lipinski definition) is 8. The monoisotopic (exact) mass is 494 g/mol. The summed E-state index contributed by atoms with van der Waals surface area (Å²) in [6.45, 7) is 0.625. The third-order valence-electron chi connectivity index (χ3n) is 6.90. The van der Waals surface area contributed by atoms with Crippen LogP contribution < -0.4 is 15.4 Å². The van der Waals surface area contributed by atoms with Gasteiger partial charge in [0.2, 0.25) is 5.91 Å². The topological polar surface area (TPSA) is 117 Å². The van der Waals surface area contributed by atoms with Crippen molar-refractivity contribution < 1.29 is 19.7 Å². The highest BCUT2D eigenvalue weighted by atomic mass is 32.2. The maximum absolute atomic E-state index is 11.6. The number of rotatable bonds is 7. The van der Waals surface area contributed by atoms with Crippen LogP contribution in [0.2, 0.25) is 0 Å². The molecule has 8 nitrogen and oxygen atoms in total. The fraction of sp³-hybridized carbons (Fsp3) is 0.423. The van der Waals surface area contributed by atoms with Crippen molar-refractivity contribution in [2.75, 3.05) is 18.2 Å². The normalized spacial score (nSPS) is 21.7. The summed E-state index contributed by atoms with van der Waals surface area (Å²) in [5, 5.41) is 29.1. The number of anilines is 1. The molecule has 1 amide bonds. The van der Waals surface area contributed by atoms with E-state index in [4.69, 9.17) is 4.74 Å². The van der Waals surface area contributed by atoms with Crippen LogP contribution in [0.15, 0.2) is 47.4 Å². The molecule has 184 valence electrons. The molecule has 9 heteroatoms. The molecule has 0 spiro atoms. The molecule has 1 aromatic carbocycles. The average molecular weight is 495 g/mol. The Bertz CT molecular complexity index is 1220. The molecule has 2 atom stereocenters. The van der Waals surface area contributed by atoms with E-state index in [0.29, 0.717) is 29.9 Å². The Hall–Kier alpha value is -2.72. The van der Waals surface area contributed by atoms with Crippen LogP contribution in [0.4, 0.5) is 5.82 Å². The molecule has 1 aliphatic carbocycles. The van der Waals surface area contributed by atoms with E-state index in [9.17, 15) is 15.0 Å². The van der Waals surface area contributed by atoms with Crippen LogP contribution in [-0.2, 0) is 11.3 Å². The number of methoxy groups -OCH3 is 1. The van der Waals surface area contributed by atoms with Gasteiger partial charge in [-0.25, -0.2) is 9.97 Å². The minimum atomic E-state index is -1.02. The molecular formula is C26H30N4O4S. The van der Waals surface area contributed by atoms with Crippen LogP contribution in [0.25, 0.3) is 10.9 Å². The number of carbonyl (C=O) groups is 1. The molecule has 1 saturated carbocycles. The van der Waals surface area contributed by atoms with E-state index in [2.05, 4.69) is 20.6 Å². The van der Waals surface area contributed by atoms with Crippen molar-refractivity contribution >= 4 is 34.4 Å². The Balaban J connectivity index is 1.14. The Morgan fingerprint density at radius 2 is 1.94 bits per heavy atom. The van der Waals surface area contributed by atoms with Gasteiger partial charge in [0.25, 0.3) is 0 Å². The third-order valence-corrected chi connectivity index (χ3v) is 7.95. The zero-order valence-electron chi connectivity index (χ0n) is 19.6. The summed E-state index contributed by atoms with van der Waals surface area (Å²) in [5.74, 6) is 1.84. The predicted molar refractivity (Wildman–Crippen MR) is 135 cm³/mol. The molecule has 3 aromatic rings. The van der Waals surface area contributed by atoms with Crippen LogP contribution in [-0.4, -0.2) is 51.1 Å². The number of aliphatic hydroxyl groups is 2. The lowest BCUT2D eigenvalue weighted by atomic mass is 9.80. The second kappa shape index (κ2) is 10.5. The summed E-state index contributed by atoms with van der Waals surface area (Å²) in [7, 11) is 1.62. The van der Waals surface area contributed by atoms with Crippen molar-refractivity contribution in [3.05, 3.63) is 53.9 Å². The highest BCUT2D eigenvalue weighted by Crippen LogP contribution is 2.33. The van der Waals surface area contributed by atoms with Gasteiger partial charge >= 0.3 is 0 Å². The molecule has 3 heterocycles. The van der Waals surface area contributed by atoms with Gasteiger partial charge in [0, 0.05) is 18.0 Å². The number of aromatic nitrogens is 2. The van der Waals surface area contributed by atoms with E-state index < -0.39 is 12.2 Å². The molecular weight excluding hydrogens is 464 g/mol. The van der Waals surface area contributed by atoms with Crippen molar-refractivity contribution in [3.63, 3.8) is 0 Å². The number of pyridine rings is 2. The molecule has 1 aliphatic heterocycles. The number of ether oxygens (including phenoxy) is 1. The van der Waals surface area contributed by atoms with Crippen molar-refractivity contribution in [1.82, 2.24) is 15.3 Å². The second-order valence-corrected chi connectivity index (χ2v) is 10.2. The Morgan fingerprint density at radius 1 is 1.11 bits per heavy atom. The van der Waals surface area contributed by atoms with E-state index in [1.54, 1.807) is 13.2 Å². The lowest BCUT2D eigenvalue weighted by molar-refractivity contribution is -0.113. The summed E-state index contributed by atoms with van der Waals surface area (Å²) in [4.78, 5) is 21.8. The molecule has 35 heavy (non-hydrogen) atoms. The predicted octanol–water partition coefficient (Wildman–Crippen LogP) is 3.43. The van der Waals surface area contributed by atoms with Gasteiger partial charge in [0.1, 0.15) is 17.7 Å². The third kappa shape index (κ3) is 5.43. The van der Waals surface area contributed by atoms with Gasteiger partial charge in [-0.15, -0.1) is 11.8 Å². The number of thioether (sulfide) groups is 1. The van der Waals surface area contributed by atoms with Gasteiger partial charge in [0.15, 0.2) is 0 Å². The fourth-order valence-electron chi connectivity index (χ4n) is 4.86. The number of aliphatic hydroxyl groups excluding tert-OH is 2. The first kappa shape index (κ1) is 24.0. The van der Waals surface area contributed by atoms with Crippen LogP contribution in [0.1, 0.15) is 43.2 Å². The number of nitrogens with one attached hydrogen (secondary N) is 2. The molecule has 0 radical (unpaired) electrons. The van der Waals surface area contributed by atoms with E-state index >= 15 is 0 Å². The SMILES string of the molecule is COc1ccc2nc([C@@H](O)[C@H](O)C3CCC(NCc4ccc5c(n4)NC(=O)CS5)CC3)ccc2c1. The first-order valence-electron chi connectivity index (χ1n) is 12.0. The summed E-state index contributed by atoms with van der Waals surface area (Å²) in [5.41, 5.74) is 2.14. The highest BCUT2D eigenvalue weighted by Gasteiger charge is 2.32. The molecule has 0 bridgehead atoms. The number of amides is 1. The lowest BCUT2D eigenvalue weighted by Crippen LogP contribution is -2.37. The fourth-order valence-corrected chi connectivity index (χ4v) is 5.62. The second-order valence-electron chi connectivity index (χ2n) is 9.21. The van der Waals surface area contributed by atoms with E-state index in [1.807, 2.05) is 36.4 Å². The molecule has 2 aliphatic rings. The van der Waals surface area contributed by atoms with E-state index in [-0.39, 0.29) is 11.8 Å².